The smallest absolute Gasteiger partial charge is 0.253 e. The minimum absolute atomic E-state index is 0.179. The summed E-state index contributed by atoms with van der Waals surface area (Å²) < 4.78 is 0. The first kappa shape index (κ1) is 13.0. The van der Waals surface area contributed by atoms with Crippen LogP contribution in [0.25, 0.3) is 0 Å². The molecule has 0 saturated heterocycles. The first-order chi connectivity index (χ1) is 8.58. The van der Waals surface area contributed by atoms with Crippen LogP contribution >= 0.6 is 0 Å². The summed E-state index contributed by atoms with van der Waals surface area (Å²) in [6, 6.07) is 0. The molecule has 2 aliphatic rings. The molecule has 0 aromatic carbocycles. The fraction of sp³-hybridized carbons (Fsp3) is 0.643. The molecule has 0 spiro atoms. The van der Waals surface area contributed by atoms with Crippen molar-refractivity contribution < 1.29 is 14.4 Å². The van der Waals surface area contributed by atoms with Gasteiger partial charge in [-0.1, -0.05) is 6.42 Å². The van der Waals surface area contributed by atoms with Crippen molar-refractivity contribution in [3.8, 4) is 0 Å². The lowest BCUT2D eigenvalue weighted by atomic mass is 9.95. The van der Waals surface area contributed by atoms with Crippen LogP contribution in [0.15, 0.2) is 12.2 Å². The maximum atomic E-state index is 11.5. The normalized spacial score (nSPS) is 28.6. The van der Waals surface area contributed by atoms with E-state index in [0.717, 1.165) is 32.1 Å². The van der Waals surface area contributed by atoms with Gasteiger partial charge in [-0.15, -0.1) is 0 Å². The van der Waals surface area contributed by atoms with Gasteiger partial charge in [0.25, 0.3) is 11.8 Å². The Morgan fingerprint density at radius 2 is 1.83 bits per heavy atom. The van der Waals surface area contributed by atoms with Gasteiger partial charge in [-0.2, -0.15) is 0 Å². The fourth-order valence-corrected chi connectivity index (χ4v) is 2.84. The third-order valence-corrected chi connectivity index (χ3v) is 4.00. The molecule has 4 nitrogen and oxygen atoms in total. The molecule has 2 rings (SSSR count). The molecule has 0 aromatic heterocycles. The molecule has 0 radical (unpaired) electrons. The molecule has 4 heteroatoms. The van der Waals surface area contributed by atoms with Crippen LogP contribution in [-0.2, 0) is 14.4 Å². The average Bonchev–Trinajstić information content (AvgIpc) is 2.57. The zero-order valence-electron chi connectivity index (χ0n) is 10.7. The number of ketones is 1. The maximum Gasteiger partial charge on any atom is 0.253 e. The third kappa shape index (κ3) is 2.86. The van der Waals surface area contributed by atoms with E-state index in [0.29, 0.717) is 12.5 Å². The third-order valence-electron chi connectivity index (χ3n) is 4.00. The van der Waals surface area contributed by atoms with E-state index in [-0.39, 0.29) is 23.5 Å². The Bertz CT molecular complexity index is 382. The molecule has 1 aliphatic carbocycles. The van der Waals surface area contributed by atoms with Gasteiger partial charge in [0.1, 0.15) is 5.78 Å². The van der Waals surface area contributed by atoms with Crippen molar-refractivity contribution in [3.05, 3.63) is 12.2 Å². The molecule has 0 N–H and O–H groups in total. The molecule has 98 valence electrons. The number of nitrogens with zero attached hydrogens (tertiary/aromatic N) is 1. The van der Waals surface area contributed by atoms with Crippen LogP contribution in [0.3, 0.4) is 0 Å². The highest BCUT2D eigenvalue weighted by Crippen LogP contribution is 2.28. The summed E-state index contributed by atoms with van der Waals surface area (Å²) in [5.74, 6) is 0.394. The van der Waals surface area contributed by atoms with E-state index in [2.05, 4.69) is 0 Å². The highest BCUT2D eigenvalue weighted by atomic mass is 16.2. The number of hydrogen-bond donors (Lipinski definition) is 0. The number of amides is 2. The lowest BCUT2D eigenvalue weighted by Crippen LogP contribution is -2.34. The summed E-state index contributed by atoms with van der Waals surface area (Å²) in [4.78, 5) is 35.7. The second kappa shape index (κ2) is 5.46. The Morgan fingerprint density at radius 3 is 2.44 bits per heavy atom. The summed E-state index contributed by atoms with van der Waals surface area (Å²) in [6.45, 7) is 2.16. The van der Waals surface area contributed by atoms with E-state index in [1.165, 1.54) is 17.1 Å². The predicted molar refractivity (Wildman–Crippen MR) is 66.6 cm³/mol. The highest BCUT2D eigenvalue weighted by Gasteiger charge is 2.28. The molecular weight excluding hydrogens is 230 g/mol. The predicted octanol–water partition coefficient (Wildman–Crippen LogP) is 1.70. The van der Waals surface area contributed by atoms with Crippen LogP contribution < -0.4 is 0 Å². The first-order valence-corrected chi connectivity index (χ1v) is 6.62. The average molecular weight is 249 g/mol. The fourth-order valence-electron chi connectivity index (χ4n) is 2.84. The van der Waals surface area contributed by atoms with Crippen LogP contribution in [0.2, 0.25) is 0 Å². The number of rotatable bonds is 3. The van der Waals surface area contributed by atoms with Gasteiger partial charge in [0.15, 0.2) is 0 Å². The Balaban J connectivity index is 1.89. The summed E-state index contributed by atoms with van der Waals surface area (Å²) in [5, 5.41) is 0. The van der Waals surface area contributed by atoms with E-state index in [1.807, 2.05) is 0 Å². The zero-order valence-corrected chi connectivity index (χ0v) is 10.7. The minimum atomic E-state index is -0.202. The summed E-state index contributed by atoms with van der Waals surface area (Å²) in [5.41, 5.74) is 0. The molecule has 1 fully saturated rings. The number of carbonyl (C=O) groups excluding carboxylic acids is 3. The van der Waals surface area contributed by atoms with Crippen molar-refractivity contribution in [2.75, 3.05) is 6.54 Å². The van der Waals surface area contributed by atoms with E-state index in [9.17, 15) is 14.4 Å². The van der Waals surface area contributed by atoms with Crippen LogP contribution in [0.4, 0.5) is 0 Å². The van der Waals surface area contributed by atoms with E-state index in [1.54, 1.807) is 6.92 Å². The van der Waals surface area contributed by atoms with E-state index in [4.69, 9.17) is 0 Å². The number of carbonyl (C=O) groups is 3. The molecule has 2 atom stereocenters. The summed E-state index contributed by atoms with van der Waals surface area (Å²) in [6.07, 6.45) is 7.45. The quantitative estimate of drug-likeness (QED) is 0.565. The molecule has 0 aromatic rings. The molecule has 2 unspecified atom stereocenters. The Hall–Kier alpha value is -1.45. The first-order valence-electron chi connectivity index (χ1n) is 6.62. The maximum absolute atomic E-state index is 11.5. The van der Waals surface area contributed by atoms with Crippen LogP contribution in [0.5, 0.6) is 0 Å². The van der Waals surface area contributed by atoms with Crippen molar-refractivity contribution >= 4 is 17.6 Å². The Kier molecular flexibility index (Phi) is 3.94. The minimum Gasteiger partial charge on any atom is -0.300 e. The van der Waals surface area contributed by atoms with Crippen LogP contribution in [0.1, 0.15) is 39.0 Å². The zero-order chi connectivity index (χ0) is 13.1. The molecule has 2 amide bonds. The largest absolute Gasteiger partial charge is 0.300 e. The molecule has 1 heterocycles. The topological polar surface area (TPSA) is 54.5 Å². The van der Waals surface area contributed by atoms with Gasteiger partial charge in [0.05, 0.1) is 0 Å². The van der Waals surface area contributed by atoms with Gasteiger partial charge in [-0.25, -0.2) is 0 Å². The monoisotopic (exact) mass is 249 g/mol. The van der Waals surface area contributed by atoms with E-state index < -0.39 is 0 Å². The molecule has 1 aliphatic heterocycles. The second-order valence-corrected chi connectivity index (χ2v) is 5.30. The van der Waals surface area contributed by atoms with Gasteiger partial charge in [-0.05, 0) is 38.5 Å². The molecule has 18 heavy (non-hydrogen) atoms. The second-order valence-electron chi connectivity index (χ2n) is 5.30. The number of Topliss-reactive ketones (excluding diaryl/α,β-unsaturated/α-hetero) is 1. The van der Waals surface area contributed by atoms with Crippen molar-refractivity contribution in [2.45, 2.75) is 39.0 Å². The Labute approximate surface area is 107 Å². The molecule has 1 saturated carbocycles. The standard InChI is InChI=1S/C14H19NO3/c1-10(16)12-4-2-3-11(5-6-12)9-15-13(17)7-8-14(15)18/h7-8,11-12H,2-6,9H2,1H3. The van der Waals surface area contributed by atoms with Crippen molar-refractivity contribution in [1.82, 2.24) is 4.90 Å². The van der Waals surface area contributed by atoms with Crippen molar-refractivity contribution in [1.29, 1.82) is 0 Å². The summed E-state index contributed by atoms with van der Waals surface area (Å²) >= 11 is 0. The lowest BCUT2D eigenvalue weighted by molar-refractivity contribution is -0.137. The lowest BCUT2D eigenvalue weighted by Gasteiger charge is -2.21. The van der Waals surface area contributed by atoms with Crippen molar-refractivity contribution in [2.24, 2.45) is 11.8 Å². The van der Waals surface area contributed by atoms with E-state index >= 15 is 0 Å². The van der Waals surface area contributed by atoms with Crippen LogP contribution in [-0.4, -0.2) is 29.0 Å². The Morgan fingerprint density at radius 1 is 1.17 bits per heavy atom. The number of hydrogen-bond acceptors (Lipinski definition) is 3. The van der Waals surface area contributed by atoms with Gasteiger partial charge in [-0.3, -0.25) is 19.3 Å². The summed E-state index contributed by atoms with van der Waals surface area (Å²) in [7, 11) is 0. The SMILES string of the molecule is CC(=O)C1CCCC(CN2C(=O)C=CC2=O)CC1. The van der Waals surface area contributed by atoms with Gasteiger partial charge in [0, 0.05) is 24.6 Å². The number of imide groups is 1. The van der Waals surface area contributed by atoms with Crippen molar-refractivity contribution in [3.63, 3.8) is 0 Å². The van der Waals surface area contributed by atoms with Gasteiger partial charge in [0.2, 0.25) is 0 Å². The molecular formula is C14H19NO3. The molecule has 0 bridgehead atoms. The van der Waals surface area contributed by atoms with Crippen LogP contribution in [0, 0.1) is 11.8 Å². The highest BCUT2D eigenvalue weighted by molar-refractivity contribution is 6.12. The van der Waals surface area contributed by atoms with Gasteiger partial charge < -0.3 is 0 Å². The van der Waals surface area contributed by atoms with Gasteiger partial charge >= 0.3 is 0 Å².